The maximum Gasteiger partial charge on any atom is 0.433 e. The Hall–Kier alpha value is -4.04. The fraction of sp³-hybridized carbons (Fsp3) is 0.167. The molecular weight excluding hydrogens is 484 g/mol. The van der Waals surface area contributed by atoms with Crippen molar-refractivity contribution in [3.8, 4) is 12.3 Å². The average Bonchev–Trinajstić information content (AvgIpc) is 3.26. The van der Waals surface area contributed by atoms with Gasteiger partial charge in [0.05, 0.1) is 4.70 Å². The van der Waals surface area contributed by atoms with Crippen molar-refractivity contribution < 1.29 is 22.0 Å². The normalized spacial score (nSPS) is 12.8. The van der Waals surface area contributed by atoms with E-state index in [2.05, 4.69) is 26.2 Å². The third-order valence-corrected chi connectivity index (χ3v) is 6.52. The summed E-state index contributed by atoms with van der Waals surface area (Å²) in [5.41, 5.74) is -0.758. The van der Waals surface area contributed by atoms with Crippen molar-refractivity contribution in [1.29, 1.82) is 0 Å². The fourth-order valence-electron chi connectivity index (χ4n) is 3.76. The highest BCUT2D eigenvalue weighted by Gasteiger charge is 2.32. The Morgan fingerprint density at radius 3 is 2.69 bits per heavy atom. The van der Waals surface area contributed by atoms with Gasteiger partial charge in [0.15, 0.2) is 10.6 Å². The van der Waals surface area contributed by atoms with Gasteiger partial charge in [-0.25, -0.2) is 14.8 Å². The highest BCUT2D eigenvalue weighted by molar-refractivity contribution is 7.23. The first kappa shape index (κ1) is 22.7. The number of aromatic nitrogens is 3. The molecule has 1 aromatic carbocycles. The molecule has 5 rings (SSSR count). The number of hydrogen-bond acceptors (Lipinski definition) is 7. The quantitative estimate of drug-likeness (QED) is 0.110. The predicted octanol–water partition coefficient (Wildman–Crippen LogP) is 5.72. The summed E-state index contributed by atoms with van der Waals surface area (Å²) in [6.45, 7) is 0.346. The van der Waals surface area contributed by atoms with Crippen LogP contribution in [0.5, 0.6) is 0 Å². The largest absolute Gasteiger partial charge is 0.433 e. The number of fused-ring (bicyclic) bond motifs is 5. The molecule has 0 spiro atoms. The molecule has 1 unspecified atom stereocenters. The molecular formula is C24H14F4N4O2S. The van der Waals surface area contributed by atoms with Crippen molar-refractivity contribution in [2.24, 2.45) is 0 Å². The number of hydrogen-bond donors (Lipinski definition) is 1. The summed E-state index contributed by atoms with van der Waals surface area (Å²) in [6.07, 6.45) is 3.95. The van der Waals surface area contributed by atoms with E-state index in [1.807, 2.05) is 0 Å². The van der Waals surface area contributed by atoms with Gasteiger partial charge in [0.2, 0.25) is 5.95 Å². The molecule has 0 bridgehead atoms. The third kappa shape index (κ3) is 4.28. The van der Waals surface area contributed by atoms with Crippen molar-refractivity contribution >= 4 is 48.4 Å². The lowest BCUT2D eigenvalue weighted by atomic mass is 9.98. The van der Waals surface area contributed by atoms with Gasteiger partial charge in [-0.2, -0.15) is 17.6 Å². The SMILES string of the molecule is C#CC(CCNc1nc2c(=O)oc3c4cc(F)ncc4ccc3c2s1)c1ccc(C(F)(F)F)nc1. The number of pyridine rings is 2. The van der Waals surface area contributed by atoms with E-state index in [1.165, 1.54) is 29.7 Å². The summed E-state index contributed by atoms with van der Waals surface area (Å²) in [4.78, 5) is 24.0. The molecule has 1 N–H and O–H groups in total. The van der Waals surface area contributed by atoms with Crippen molar-refractivity contribution in [3.05, 3.63) is 70.4 Å². The average molecular weight is 498 g/mol. The monoisotopic (exact) mass is 498 g/mol. The molecule has 35 heavy (non-hydrogen) atoms. The summed E-state index contributed by atoms with van der Waals surface area (Å²) in [6, 6.07) is 6.94. The summed E-state index contributed by atoms with van der Waals surface area (Å²) in [5.74, 6) is 1.41. The topological polar surface area (TPSA) is 80.9 Å². The number of alkyl halides is 3. The first-order chi connectivity index (χ1) is 16.7. The number of nitrogens with zero attached hydrogens (tertiary/aromatic N) is 3. The minimum atomic E-state index is -4.52. The van der Waals surface area contributed by atoms with Crippen molar-refractivity contribution in [2.45, 2.75) is 18.5 Å². The fourth-order valence-corrected chi connectivity index (χ4v) is 4.76. The van der Waals surface area contributed by atoms with Crippen LogP contribution < -0.4 is 10.9 Å². The molecule has 11 heteroatoms. The summed E-state index contributed by atoms with van der Waals surface area (Å²) >= 11 is 1.23. The molecule has 1 atom stereocenters. The number of thiazole rings is 1. The van der Waals surface area contributed by atoms with Crippen molar-refractivity contribution in [1.82, 2.24) is 15.0 Å². The zero-order chi connectivity index (χ0) is 24.7. The van der Waals surface area contributed by atoms with Crippen molar-refractivity contribution in [3.63, 3.8) is 0 Å². The van der Waals surface area contributed by atoms with Gasteiger partial charge in [-0.15, -0.1) is 6.42 Å². The van der Waals surface area contributed by atoms with Gasteiger partial charge >= 0.3 is 11.8 Å². The Morgan fingerprint density at radius 2 is 1.97 bits per heavy atom. The van der Waals surface area contributed by atoms with Gasteiger partial charge in [-0.3, -0.25) is 4.98 Å². The van der Waals surface area contributed by atoms with Gasteiger partial charge in [0.1, 0.15) is 11.3 Å². The zero-order valence-corrected chi connectivity index (χ0v) is 18.5. The van der Waals surface area contributed by atoms with Gasteiger partial charge in [-0.05, 0) is 24.1 Å². The lowest BCUT2D eigenvalue weighted by Crippen LogP contribution is -2.10. The van der Waals surface area contributed by atoms with E-state index in [-0.39, 0.29) is 11.1 Å². The molecule has 6 nitrogen and oxygen atoms in total. The van der Waals surface area contributed by atoms with E-state index < -0.39 is 29.4 Å². The highest BCUT2D eigenvalue weighted by Crippen LogP contribution is 2.34. The van der Waals surface area contributed by atoms with E-state index >= 15 is 0 Å². The minimum absolute atomic E-state index is 0.138. The van der Waals surface area contributed by atoms with Crippen LogP contribution in [0.3, 0.4) is 0 Å². The third-order valence-electron chi connectivity index (χ3n) is 5.47. The van der Waals surface area contributed by atoms with Crippen LogP contribution >= 0.6 is 11.3 Å². The second-order valence-electron chi connectivity index (χ2n) is 7.67. The van der Waals surface area contributed by atoms with Gasteiger partial charge in [-0.1, -0.05) is 29.4 Å². The second-order valence-corrected chi connectivity index (χ2v) is 8.66. The van der Waals surface area contributed by atoms with Crippen LogP contribution in [0.1, 0.15) is 23.6 Å². The lowest BCUT2D eigenvalue weighted by Gasteiger charge is -2.12. The molecule has 5 aromatic rings. The molecule has 4 heterocycles. The Morgan fingerprint density at radius 1 is 1.14 bits per heavy atom. The number of halogens is 4. The van der Waals surface area contributed by atoms with E-state index in [1.54, 1.807) is 12.1 Å². The Balaban J connectivity index is 1.39. The molecule has 0 aliphatic rings. The lowest BCUT2D eigenvalue weighted by molar-refractivity contribution is -0.141. The van der Waals surface area contributed by atoms with E-state index in [0.717, 1.165) is 12.3 Å². The minimum Gasteiger partial charge on any atom is -0.420 e. The van der Waals surface area contributed by atoms with Crippen molar-refractivity contribution in [2.75, 3.05) is 11.9 Å². The number of terminal acetylenes is 1. The number of rotatable bonds is 5. The van der Waals surface area contributed by atoms with E-state index in [4.69, 9.17) is 10.8 Å². The van der Waals surface area contributed by atoms with Gasteiger partial charge < -0.3 is 9.73 Å². The molecule has 0 saturated heterocycles. The maximum atomic E-state index is 13.7. The van der Waals surface area contributed by atoms with Gasteiger partial charge in [0, 0.05) is 47.1 Å². The number of benzene rings is 1. The Kier molecular flexibility index (Phi) is 5.61. The molecule has 0 amide bonds. The smallest absolute Gasteiger partial charge is 0.420 e. The van der Waals surface area contributed by atoms with Crippen LogP contribution in [0.15, 0.2) is 51.9 Å². The van der Waals surface area contributed by atoms with Crippen LogP contribution in [0.2, 0.25) is 0 Å². The Bertz CT molecular complexity index is 1670. The zero-order valence-electron chi connectivity index (χ0n) is 17.7. The first-order valence-corrected chi connectivity index (χ1v) is 11.1. The van der Waals surface area contributed by atoms with E-state index in [9.17, 15) is 22.4 Å². The molecule has 0 fully saturated rings. The molecule has 0 aliphatic carbocycles. The van der Waals surface area contributed by atoms with Crippen LogP contribution in [0.25, 0.3) is 32.0 Å². The highest BCUT2D eigenvalue weighted by atomic mass is 32.1. The van der Waals surface area contributed by atoms with E-state index in [0.29, 0.717) is 44.5 Å². The molecule has 0 aliphatic heterocycles. The van der Waals surface area contributed by atoms with Crippen LogP contribution in [0.4, 0.5) is 22.7 Å². The second kappa shape index (κ2) is 8.63. The summed E-state index contributed by atoms with van der Waals surface area (Å²) < 4.78 is 57.9. The maximum absolute atomic E-state index is 13.7. The van der Waals surface area contributed by atoms with Crippen LogP contribution in [-0.4, -0.2) is 21.5 Å². The first-order valence-electron chi connectivity index (χ1n) is 10.3. The number of nitrogens with one attached hydrogen (secondary N) is 1. The summed E-state index contributed by atoms with van der Waals surface area (Å²) in [5, 5.41) is 5.22. The van der Waals surface area contributed by atoms with Crippen LogP contribution in [-0.2, 0) is 6.18 Å². The predicted molar refractivity (Wildman–Crippen MR) is 125 cm³/mol. The van der Waals surface area contributed by atoms with Gasteiger partial charge in [0.25, 0.3) is 0 Å². The molecule has 0 saturated carbocycles. The van der Waals surface area contributed by atoms with Crippen LogP contribution in [0, 0.1) is 18.3 Å². The Labute approximate surface area is 198 Å². The molecule has 0 radical (unpaired) electrons. The summed E-state index contributed by atoms with van der Waals surface area (Å²) in [7, 11) is 0. The molecule has 4 aromatic heterocycles. The standard InChI is InChI=1S/C24H14F4N4O2S/c1-2-12(13-4-6-17(30-10-13)24(26,27)28)7-8-29-23-32-19-21(35-23)15-5-3-14-11-31-18(25)9-16(14)20(15)34-22(19)33/h1,3-6,9-12H,7-8H2,(H,29,32). The number of anilines is 1. The molecule has 176 valence electrons.